The van der Waals surface area contributed by atoms with Crippen molar-refractivity contribution < 1.29 is 0 Å². The van der Waals surface area contributed by atoms with Gasteiger partial charge in [-0.05, 0) is 188 Å². The highest BCUT2D eigenvalue weighted by molar-refractivity contribution is 7.02. The Hall–Kier alpha value is -12.1. The largest absolute Gasteiger partial charge is 0.311 e. The molecule has 0 saturated heterocycles. The average molecular weight is 1250 g/mol. The van der Waals surface area contributed by atoms with Crippen LogP contribution in [-0.2, 0) is 16.2 Å². The minimum absolute atomic E-state index is 0.530. The van der Waals surface area contributed by atoms with E-state index in [1.54, 1.807) is 0 Å². The summed E-state index contributed by atoms with van der Waals surface area (Å²) in [6.07, 6.45) is 0. The van der Waals surface area contributed by atoms with E-state index >= 15 is 0 Å². The van der Waals surface area contributed by atoms with Crippen molar-refractivity contribution in [3.63, 3.8) is 0 Å². The standard InChI is InChI=1S/C93H61N3Si/c1-7-28-61(29-8-1)91(62-30-9-2-10-31-62)78-45-24-21-42-72(78)75-58-67(54-57-79(75)91)94-82-46-25-48-84-88(82)97-89-83(94)47-26-49-85(89)96(69-53-56-74-71-41-20-23-44-77(71)93(81(74)60-69,65-36-15-5-16-37-65)66-38-17-6-18-39-66)87-51-27-50-86(90(87)97)95(84)68-52-55-73-70-40-19-22-43-76(70)92(80(73)59-68,63-32-11-3-12-33-63)64-34-13-4-14-35-64/h1-60,97H. The van der Waals surface area contributed by atoms with Crippen molar-refractivity contribution in [1.82, 2.24) is 0 Å². The zero-order valence-corrected chi connectivity index (χ0v) is 54.2. The maximum atomic E-state index is 2.66. The van der Waals surface area contributed by atoms with E-state index in [0.717, 1.165) is 17.1 Å². The lowest BCUT2D eigenvalue weighted by atomic mass is 9.67. The lowest BCUT2D eigenvalue weighted by Gasteiger charge is -2.49. The number of hydrogen-bond acceptors (Lipinski definition) is 3. The molecule has 3 aliphatic carbocycles. The van der Waals surface area contributed by atoms with E-state index in [9.17, 15) is 0 Å². The van der Waals surface area contributed by atoms with E-state index in [4.69, 9.17) is 0 Å². The number of benzene rings is 15. The Labute approximate surface area is 567 Å². The third-order valence-electron chi connectivity index (χ3n) is 22.6. The first-order chi connectivity index (χ1) is 48.2. The van der Waals surface area contributed by atoms with Crippen molar-refractivity contribution in [3.8, 4) is 33.4 Å². The monoisotopic (exact) mass is 1250 g/mol. The molecule has 21 rings (SSSR count). The van der Waals surface area contributed by atoms with Gasteiger partial charge in [-0.3, -0.25) is 0 Å². The topological polar surface area (TPSA) is 9.72 Å². The molecule has 3 aliphatic heterocycles. The molecule has 4 heteroatoms. The average Bonchev–Trinajstić information content (AvgIpc) is 1.35. The normalized spacial score (nSPS) is 15.2. The molecule has 3 heterocycles. The highest BCUT2D eigenvalue weighted by atomic mass is 28.3. The van der Waals surface area contributed by atoms with Crippen LogP contribution < -0.4 is 30.3 Å². The maximum absolute atomic E-state index is 2.66. The number of hydrogen-bond donors (Lipinski definition) is 0. The Bertz CT molecular complexity index is 5360. The molecule has 0 fully saturated rings. The van der Waals surface area contributed by atoms with Crippen molar-refractivity contribution in [2.75, 3.05) is 14.7 Å². The van der Waals surface area contributed by atoms with Gasteiger partial charge in [-0.15, -0.1) is 0 Å². The van der Waals surface area contributed by atoms with Crippen LogP contribution in [0.4, 0.5) is 51.2 Å². The molecule has 0 bridgehead atoms. The molecule has 15 aromatic carbocycles. The van der Waals surface area contributed by atoms with Crippen molar-refractivity contribution >= 4 is 75.5 Å². The molecule has 3 nitrogen and oxygen atoms in total. The fourth-order valence-electron chi connectivity index (χ4n) is 19.1. The van der Waals surface area contributed by atoms with E-state index in [2.05, 4.69) is 379 Å². The van der Waals surface area contributed by atoms with Crippen molar-refractivity contribution in [2.45, 2.75) is 16.2 Å². The lowest BCUT2D eigenvalue weighted by molar-refractivity contribution is 0.768. The highest BCUT2D eigenvalue weighted by Crippen LogP contribution is 2.62. The smallest absolute Gasteiger partial charge is 0.149 e. The van der Waals surface area contributed by atoms with Gasteiger partial charge in [0.2, 0.25) is 0 Å². The van der Waals surface area contributed by atoms with Gasteiger partial charge >= 0.3 is 0 Å². The quantitative estimate of drug-likeness (QED) is 0.133. The number of anilines is 9. The molecule has 0 saturated carbocycles. The van der Waals surface area contributed by atoms with Gasteiger partial charge in [0.15, 0.2) is 0 Å². The molecule has 0 N–H and O–H groups in total. The third kappa shape index (κ3) is 7.09. The van der Waals surface area contributed by atoms with Crippen molar-refractivity contribution in [2.24, 2.45) is 0 Å². The van der Waals surface area contributed by atoms with Gasteiger partial charge in [0, 0.05) is 51.2 Å². The van der Waals surface area contributed by atoms with Crippen LogP contribution in [0.1, 0.15) is 66.8 Å². The summed E-state index contributed by atoms with van der Waals surface area (Å²) in [7, 11) is -2.39. The third-order valence-corrected chi connectivity index (χ3v) is 26.1. The molecule has 0 radical (unpaired) electrons. The van der Waals surface area contributed by atoms with Crippen LogP contribution in [0.2, 0.25) is 0 Å². The van der Waals surface area contributed by atoms with Gasteiger partial charge in [-0.1, -0.05) is 291 Å². The fraction of sp³-hybridized carbons (Fsp3) is 0.0323. The lowest BCUT2D eigenvalue weighted by Crippen LogP contribution is -2.64. The van der Waals surface area contributed by atoms with Crippen LogP contribution in [0, 0.1) is 0 Å². The van der Waals surface area contributed by atoms with Crippen LogP contribution >= 0.6 is 0 Å². The molecule has 15 aromatic rings. The summed E-state index contributed by atoms with van der Waals surface area (Å²) < 4.78 is 0. The first-order valence-electron chi connectivity index (χ1n) is 34.0. The second-order valence-electron chi connectivity index (χ2n) is 26.8. The number of nitrogens with zero attached hydrogens (tertiary/aromatic N) is 3. The van der Waals surface area contributed by atoms with Gasteiger partial charge in [-0.25, -0.2) is 0 Å². The van der Waals surface area contributed by atoms with Crippen LogP contribution in [0.15, 0.2) is 364 Å². The van der Waals surface area contributed by atoms with Gasteiger partial charge in [0.25, 0.3) is 0 Å². The molecule has 0 unspecified atom stereocenters. The Morgan fingerprint density at radius 3 is 0.732 bits per heavy atom. The zero-order chi connectivity index (χ0) is 63.6. The van der Waals surface area contributed by atoms with Gasteiger partial charge in [0.1, 0.15) is 8.80 Å². The van der Waals surface area contributed by atoms with Gasteiger partial charge in [0.05, 0.1) is 16.2 Å². The zero-order valence-electron chi connectivity index (χ0n) is 53.1. The summed E-state index contributed by atoms with van der Waals surface area (Å²) in [6, 6.07) is 139. The Morgan fingerprint density at radius 2 is 0.412 bits per heavy atom. The SMILES string of the molecule is c1ccc(C2(c3ccccc3)c3ccccc3-c3cc(N4c5cccc6c5[SiH]5c7c4cccc7N(c4ccc7c(c4)C(c4ccccc4)(c4ccccc4)c4ccccc4-7)c4cccc(c45)N6c4ccc5c(c4)C(c4ccccc4)(c4ccccc4)c4ccccc4-5)ccc32)cc1. The first kappa shape index (κ1) is 54.3. The molecule has 97 heavy (non-hydrogen) atoms. The van der Waals surface area contributed by atoms with Crippen LogP contribution in [0.25, 0.3) is 33.4 Å². The first-order valence-corrected chi connectivity index (χ1v) is 35.8. The summed E-state index contributed by atoms with van der Waals surface area (Å²) >= 11 is 0. The summed E-state index contributed by atoms with van der Waals surface area (Å²) in [5.41, 5.74) is 32.0. The van der Waals surface area contributed by atoms with E-state index in [-0.39, 0.29) is 0 Å². The second-order valence-corrected chi connectivity index (χ2v) is 29.4. The fourth-order valence-corrected chi connectivity index (χ4v) is 23.0. The minimum atomic E-state index is -2.39. The number of fused-ring (bicyclic) bond motifs is 9. The Kier molecular flexibility index (Phi) is 11.5. The van der Waals surface area contributed by atoms with Crippen LogP contribution in [0.5, 0.6) is 0 Å². The molecule has 452 valence electrons. The molecule has 0 aromatic heterocycles. The predicted molar refractivity (Wildman–Crippen MR) is 402 cm³/mol. The summed E-state index contributed by atoms with van der Waals surface area (Å²) in [4.78, 5) is 7.96. The Morgan fingerprint density at radius 1 is 0.175 bits per heavy atom. The highest BCUT2D eigenvalue weighted by Gasteiger charge is 2.53. The molecular weight excluding hydrogens is 1190 g/mol. The molecule has 6 aliphatic rings. The summed E-state index contributed by atoms with van der Waals surface area (Å²) in [6.45, 7) is 0. The molecule has 0 amide bonds. The number of rotatable bonds is 9. The van der Waals surface area contributed by atoms with Crippen LogP contribution in [0.3, 0.4) is 0 Å². The van der Waals surface area contributed by atoms with Gasteiger partial charge in [-0.2, -0.15) is 0 Å². The van der Waals surface area contributed by atoms with Crippen molar-refractivity contribution in [1.29, 1.82) is 0 Å². The van der Waals surface area contributed by atoms with Gasteiger partial charge < -0.3 is 14.7 Å². The predicted octanol–water partition coefficient (Wildman–Crippen LogP) is 20.4. The molecule has 0 atom stereocenters. The Balaban J connectivity index is 0.837. The summed E-state index contributed by atoms with van der Waals surface area (Å²) in [5, 5.41) is 4.30. The molecule has 0 spiro atoms. The van der Waals surface area contributed by atoms with Crippen LogP contribution in [-0.4, -0.2) is 8.80 Å². The van der Waals surface area contributed by atoms with E-state index < -0.39 is 25.0 Å². The van der Waals surface area contributed by atoms with E-state index in [0.29, 0.717) is 0 Å². The second kappa shape index (κ2) is 20.5. The minimum Gasteiger partial charge on any atom is -0.311 e. The van der Waals surface area contributed by atoms with E-state index in [1.807, 2.05) is 0 Å². The van der Waals surface area contributed by atoms with E-state index in [1.165, 1.54) is 150 Å². The maximum Gasteiger partial charge on any atom is 0.149 e. The molecular formula is C93H61N3Si. The van der Waals surface area contributed by atoms with Crippen molar-refractivity contribution in [3.05, 3.63) is 431 Å². The summed E-state index contributed by atoms with van der Waals surface area (Å²) in [5.74, 6) is 0.